The summed E-state index contributed by atoms with van der Waals surface area (Å²) in [5.74, 6) is -0.515. The lowest BCUT2D eigenvalue weighted by Crippen LogP contribution is -2.32. The predicted molar refractivity (Wildman–Crippen MR) is 132 cm³/mol. The summed E-state index contributed by atoms with van der Waals surface area (Å²) in [6.07, 6.45) is 3.70. The quantitative estimate of drug-likeness (QED) is 0.381. The SMILES string of the molecule is CCCCN(CCCC)c1cc(C(=O)O)cc(S(=O)(=O)N(CC)CC)c1Oc1ccccc1. The molecular formula is C25H36N2O5S. The minimum Gasteiger partial charge on any atom is -0.478 e. The number of carboxylic acid groups (broad SMARTS) is 1. The van der Waals surface area contributed by atoms with E-state index < -0.39 is 16.0 Å². The molecule has 0 unspecified atom stereocenters. The highest BCUT2D eigenvalue weighted by Gasteiger charge is 2.31. The zero-order chi connectivity index (χ0) is 24.4. The molecule has 33 heavy (non-hydrogen) atoms. The van der Waals surface area contributed by atoms with Gasteiger partial charge in [0.1, 0.15) is 10.6 Å². The van der Waals surface area contributed by atoms with Crippen molar-refractivity contribution in [1.29, 1.82) is 0 Å². The first-order valence-electron chi connectivity index (χ1n) is 11.7. The second-order valence-corrected chi connectivity index (χ2v) is 9.73. The number of nitrogens with zero attached hydrogens (tertiary/aromatic N) is 2. The van der Waals surface area contributed by atoms with Crippen LogP contribution in [0.2, 0.25) is 0 Å². The Kier molecular flexibility index (Phi) is 10.2. The molecule has 1 N–H and O–H groups in total. The number of para-hydroxylation sites is 1. The highest BCUT2D eigenvalue weighted by Crippen LogP contribution is 2.41. The molecule has 0 aliphatic carbocycles. The van der Waals surface area contributed by atoms with Crippen LogP contribution in [0, 0.1) is 0 Å². The van der Waals surface area contributed by atoms with E-state index in [0.717, 1.165) is 25.7 Å². The lowest BCUT2D eigenvalue weighted by Gasteiger charge is -2.29. The van der Waals surface area contributed by atoms with Gasteiger partial charge in [-0.25, -0.2) is 13.2 Å². The topological polar surface area (TPSA) is 87.2 Å². The molecule has 0 bridgehead atoms. The van der Waals surface area contributed by atoms with Gasteiger partial charge in [-0.3, -0.25) is 0 Å². The molecule has 0 aromatic heterocycles. The molecule has 8 heteroatoms. The number of aromatic carboxylic acids is 1. The maximum absolute atomic E-state index is 13.6. The number of carbonyl (C=O) groups is 1. The Bertz CT molecular complexity index is 997. The van der Waals surface area contributed by atoms with Gasteiger partial charge in [-0.15, -0.1) is 0 Å². The predicted octanol–water partition coefficient (Wildman–Crippen LogP) is 5.61. The third-order valence-corrected chi connectivity index (χ3v) is 7.53. The Morgan fingerprint density at radius 1 is 0.939 bits per heavy atom. The van der Waals surface area contributed by atoms with Crippen LogP contribution < -0.4 is 9.64 Å². The molecule has 182 valence electrons. The van der Waals surface area contributed by atoms with Gasteiger partial charge in [-0.1, -0.05) is 58.7 Å². The van der Waals surface area contributed by atoms with Crippen molar-refractivity contribution in [2.75, 3.05) is 31.1 Å². The fraction of sp³-hybridized carbons (Fsp3) is 0.480. The molecule has 0 atom stereocenters. The lowest BCUT2D eigenvalue weighted by molar-refractivity contribution is 0.0696. The van der Waals surface area contributed by atoms with Gasteiger partial charge in [0, 0.05) is 26.2 Å². The van der Waals surface area contributed by atoms with Gasteiger partial charge in [0.25, 0.3) is 0 Å². The monoisotopic (exact) mass is 476 g/mol. The van der Waals surface area contributed by atoms with Crippen molar-refractivity contribution in [2.45, 2.75) is 58.3 Å². The molecule has 0 radical (unpaired) electrons. The number of benzene rings is 2. The van der Waals surface area contributed by atoms with Crippen LogP contribution in [0.1, 0.15) is 63.7 Å². The van der Waals surface area contributed by atoms with Crippen molar-refractivity contribution in [3.63, 3.8) is 0 Å². The van der Waals surface area contributed by atoms with Gasteiger partial charge in [0.15, 0.2) is 5.75 Å². The summed E-state index contributed by atoms with van der Waals surface area (Å²) < 4.78 is 34.8. The molecule has 2 rings (SSSR count). The molecule has 0 heterocycles. The molecule has 0 aliphatic rings. The van der Waals surface area contributed by atoms with Crippen LogP contribution in [0.25, 0.3) is 0 Å². The largest absolute Gasteiger partial charge is 0.478 e. The average Bonchev–Trinajstić information content (AvgIpc) is 2.80. The lowest BCUT2D eigenvalue weighted by atomic mass is 10.1. The Morgan fingerprint density at radius 2 is 1.52 bits per heavy atom. The minimum absolute atomic E-state index is 0.0749. The van der Waals surface area contributed by atoms with E-state index in [2.05, 4.69) is 18.7 Å². The van der Waals surface area contributed by atoms with Gasteiger partial charge >= 0.3 is 5.97 Å². The molecule has 7 nitrogen and oxygen atoms in total. The summed E-state index contributed by atoms with van der Waals surface area (Å²) in [6.45, 7) is 9.58. The van der Waals surface area contributed by atoms with E-state index >= 15 is 0 Å². The molecule has 0 aliphatic heterocycles. The smallest absolute Gasteiger partial charge is 0.335 e. The van der Waals surface area contributed by atoms with E-state index in [-0.39, 0.29) is 29.3 Å². The third-order valence-electron chi connectivity index (χ3n) is 5.47. The Morgan fingerprint density at radius 3 is 2.00 bits per heavy atom. The van der Waals surface area contributed by atoms with E-state index in [1.54, 1.807) is 26.0 Å². The normalized spacial score (nSPS) is 11.5. The van der Waals surface area contributed by atoms with Gasteiger partial charge < -0.3 is 14.7 Å². The Hall–Kier alpha value is -2.58. The fourth-order valence-electron chi connectivity index (χ4n) is 3.60. The van der Waals surface area contributed by atoms with E-state index in [9.17, 15) is 18.3 Å². The summed E-state index contributed by atoms with van der Waals surface area (Å²) >= 11 is 0. The molecule has 0 saturated heterocycles. The van der Waals surface area contributed by atoms with Crippen molar-refractivity contribution in [3.05, 3.63) is 48.0 Å². The second-order valence-electron chi connectivity index (χ2n) is 7.83. The van der Waals surface area contributed by atoms with Gasteiger partial charge in [-0.05, 0) is 37.1 Å². The zero-order valence-electron chi connectivity index (χ0n) is 20.1. The number of ether oxygens (including phenoxy) is 1. The van der Waals surface area contributed by atoms with Gasteiger partial charge in [0.05, 0.1) is 11.3 Å². The number of carboxylic acids is 1. The molecule has 0 saturated carbocycles. The van der Waals surface area contributed by atoms with Crippen LogP contribution >= 0.6 is 0 Å². The number of hydrogen-bond donors (Lipinski definition) is 1. The maximum atomic E-state index is 13.6. The molecule has 2 aromatic rings. The highest BCUT2D eigenvalue weighted by atomic mass is 32.2. The summed E-state index contributed by atoms with van der Waals surface area (Å²) in [4.78, 5) is 13.9. The first-order chi connectivity index (χ1) is 15.8. The van der Waals surface area contributed by atoms with E-state index in [1.165, 1.54) is 16.4 Å². The van der Waals surface area contributed by atoms with Crippen molar-refractivity contribution in [1.82, 2.24) is 4.31 Å². The summed E-state index contributed by atoms with van der Waals surface area (Å²) in [6, 6.07) is 11.7. The highest BCUT2D eigenvalue weighted by molar-refractivity contribution is 7.89. The second kappa shape index (κ2) is 12.6. The number of anilines is 1. The number of sulfonamides is 1. The first kappa shape index (κ1) is 26.7. The van der Waals surface area contributed by atoms with Crippen molar-refractivity contribution in [2.24, 2.45) is 0 Å². The number of unbranched alkanes of at least 4 members (excludes halogenated alkanes) is 2. The van der Waals surface area contributed by atoms with Crippen molar-refractivity contribution >= 4 is 21.7 Å². The molecule has 0 fully saturated rings. The third kappa shape index (κ3) is 6.71. The van der Waals surface area contributed by atoms with E-state index in [1.807, 2.05) is 18.2 Å². The summed E-state index contributed by atoms with van der Waals surface area (Å²) in [5.41, 5.74) is 0.417. The Balaban J connectivity index is 2.83. The first-order valence-corrected chi connectivity index (χ1v) is 13.1. The van der Waals surface area contributed by atoms with Gasteiger partial charge in [-0.2, -0.15) is 4.31 Å². The van der Waals surface area contributed by atoms with E-state index in [4.69, 9.17) is 4.74 Å². The maximum Gasteiger partial charge on any atom is 0.335 e. The summed E-state index contributed by atoms with van der Waals surface area (Å²) in [7, 11) is -3.99. The van der Waals surface area contributed by atoms with Crippen LogP contribution in [0.5, 0.6) is 11.5 Å². The van der Waals surface area contributed by atoms with Crippen molar-refractivity contribution in [3.8, 4) is 11.5 Å². The molecule has 0 spiro atoms. The minimum atomic E-state index is -3.99. The Labute approximate surface area is 198 Å². The summed E-state index contributed by atoms with van der Waals surface area (Å²) in [5, 5.41) is 9.80. The zero-order valence-corrected chi connectivity index (χ0v) is 20.9. The average molecular weight is 477 g/mol. The standard InChI is InChI=1S/C25H36N2O5S/c1-5-9-16-26(17-10-6-2)22-18-20(25(28)29)19-23(33(30,31)27(7-3)8-4)24(22)32-21-14-12-11-13-15-21/h11-15,18-19H,5-10,16-17H2,1-4H3,(H,28,29). The van der Waals surface area contributed by atoms with Crippen LogP contribution in [-0.4, -0.2) is 50.0 Å². The van der Waals surface area contributed by atoms with Crippen LogP contribution in [0.3, 0.4) is 0 Å². The van der Waals surface area contributed by atoms with Crippen LogP contribution in [0.15, 0.2) is 47.4 Å². The van der Waals surface area contributed by atoms with E-state index in [0.29, 0.717) is 24.5 Å². The molecular weight excluding hydrogens is 440 g/mol. The van der Waals surface area contributed by atoms with Crippen molar-refractivity contribution < 1.29 is 23.1 Å². The number of hydrogen-bond acceptors (Lipinski definition) is 5. The molecule has 2 aromatic carbocycles. The molecule has 0 amide bonds. The fourth-order valence-corrected chi connectivity index (χ4v) is 5.21. The number of rotatable bonds is 14. The van der Waals surface area contributed by atoms with Crippen LogP contribution in [-0.2, 0) is 10.0 Å². The van der Waals surface area contributed by atoms with Crippen LogP contribution in [0.4, 0.5) is 5.69 Å². The van der Waals surface area contributed by atoms with Gasteiger partial charge in [0.2, 0.25) is 10.0 Å².